The molecule has 0 radical (unpaired) electrons. The number of hydrogen-bond donors (Lipinski definition) is 0. The Morgan fingerprint density at radius 2 is 0.714 bits per heavy atom. The van der Waals surface area contributed by atoms with Gasteiger partial charge >= 0.3 is 30.0 Å². The van der Waals surface area contributed by atoms with Crippen LogP contribution in [0.2, 0.25) is 0 Å². The lowest BCUT2D eigenvalue weighted by Crippen LogP contribution is -2.33. The Morgan fingerprint density at radius 3 is 1.11 bits per heavy atom. The Hall–Kier alpha value is -2.89. The second-order valence-electron chi connectivity index (χ2n) is 17.8. The molecule has 0 heterocycles. The van der Waals surface area contributed by atoms with Crippen molar-refractivity contribution in [2.75, 3.05) is 53.7 Å². The third-order valence-corrected chi connectivity index (χ3v) is 11.5. The molecule has 0 fully saturated rings. The molecule has 0 aromatic carbocycles. The number of nitrogens with zero attached hydrogens (tertiary/aromatic N) is 1. The minimum Gasteiger partial charge on any atom is -0.466 e. The Kier molecular flexibility index (Phi) is 42.3. The van der Waals surface area contributed by atoms with Gasteiger partial charge in [-0.15, -0.1) is 0 Å². The maximum atomic E-state index is 13.0. The van der Waals surface area contributed by atoms with Crippen molar-refractivity contribution >= 4 is 30.0 Å². The first-order chi connectivity index (χ1) is 30.6. The van der Waals surface area contributed by atoms with Crippen LogP contribution in [0.3, 0.4) is 0 Å². The third kappa shape index (κ3) is 38.1. The van der Waals surface area contributed by atoms with Crippen molar-refractivity contribution < 1.29 is 52.4 Å². The van der Waals surface area contributed by atoms with E-state index >= 15 is 0 Å². The quantitative estimate of drug-likeness (QED) is 0.0326. The average Bonchev–Trinajstić information content (AvgIpc) is 3.26. The average molecular weight is 898 g/mol. The van der Waals surface area contributed by atoms with Gasteiger partial charge in [0.1, 0.15) is 6.61 Å². The van der Waals surface area contributed by atoms with Gasteiger partial charge in [-0.1, -0.05) is 156 Å². The Morgan fingerprint density at radius 1 is 0.381 bits per heavy atom. The zero-order chi connectivity index (χ0) is 46.6. The molecule has 0 aromatic heterocycles. The largest absolute Gasteiger partial charge is 0.509 e. The summed E-state index contributed by atoms with van der Waals surface area (Å²) in [6, 6.07) is 0. The summed E-state index contributed by atoms with van der Waals surface area (Å²) < 4.78 is 32.4. The molecular weight excluding hydrogens is 803 g/mol. The highest BCUT2D eigenvalue weighted by Gasteiger charge is 2.29. The molecule has 0 aromatic rings. The van der Waals surface area contributed by atoms with E-state index in [1.165, 1.54) is 64.2 Å². The number of hydrogen-bond acceptors (Lipinski definition) is 12. The van der Waals surface area contributed by atoms with Gasteiger partial charge in [0, 0.05) is 6.54 Å². The molecule has 0 rings (SSSR count). The zero-order valence-electron chi connectivity index (χ0n) is 41.3. The van der Waals surface area contributed by atoms with E-state index in [1.807, 2.05) is 19.0 Å². The van der Waals surface area contributed by atoms with E-state index in [2.05, 4.69) is 27.7 Å². The van der Waals surface area contributed by atoms with Gasteiger partial charge in [-0.2, -0.15) is 0 Å². The molecule has 0 saturated heterocycles. The van der Waals surface area contributed by atoms with Crippen LogP contribution < -0.4 is 0 Å². The predicted molar refractivity (Wildman–Crippen MR) is 251 cm³/mol. The van der Waals surface area contributed by atoms with Crippen LogP contribution in [0.25, 0.3) is 0 Å². The van der Waals surface area contributed by atoms with Gasteiger partial charge < -0.3 is 33.3 Å². The van der Waals surface area contributed by atoms with Gasteiger partial charge in [0.15, 0.2) is 0 Å². The summed E-state index contributed by atoms with van der Waals surface area (Å²) in [5.74, 6) is -1.85. The lowest BCUT2D eigenvalue weighted by molar-refractivity contribution is -0.161. The fourth-order valence-electron chi connectivity index (χ4n) is 7.38. The summed E-state index contributed by atoms with van der Waals surface area (Å²) in [4.78, 5) is 65.9. The highest BCUT2D eigenvalue weighted by atomic mass is 16.7. The van der Waals surface area contributed by atoms with Crippen LogP contribution in [0.4, 0.5) is 4.79 Å². The van der Waals surface area contributed by atoms with Crippen molar-refractivity contribution in [1.29, 1.82) is 0 Å². The lowest BCUT2D eigenvalue weighted by atomic mass is 9.94. The molecular formula is C51H95NO11. The molecule has 0 bridgehead atoms. The van der Waals surface area contributed by atoms with Gasteiger partial charge in [-0.25, -0.2) is 9.59 Å². The fourth-order valence-corrected chi connectivity index (χ4v) is 7.38. The summed E-state index contributed by atoms with van der Waals surface area (Å²) >= 11 is 0. The van der Waals surface area contributed by atoms with E-state index in [1.54, 1.807) is 0 Å². The number of likely N-dealkylation sites (N-methyl/N-ethyl adjacent to an activating group) is 1. The standard InChI is InChI=1S/C51H95NO11/c1-7-11-15-19-21-27-35-44(33-25-17-13-9-3)48(54)59-39-30-23-29-38-58-47(53)43-46(63-51(57)62-42-37-52(5)6)50(56)61-41-32-24-31-40-60-49(55)45(34-26-18-14-10-4)36-28-22-20-16-12-8-2/h44-46H,7-43H2,1-6H3. The first kappa shape index (κ1) is 60.1. The van der Waals surface area contributed by atoms with E-state index in [9.17, 15) is 24.0 Å². The van der Waals surface area contributed by atoms with Crippen LogP contribution >= 0.6 is 0 Å². The second kappa shape index (κ2) is 44.3. The summed E-state index contributed by atoms with van der Waals surface area (Å²) in [5.41, 5.74) is 0. The predicted octanol–water partition coefficient (Wildman–Crippen LogP) is 12.6. The molecule has 3 atom stereocenters. The smallest absolute Gasteiger partial charge is 0.466 e. The summed E-state index contributed by atoms with van der Waals surface area (Å²) in [6.45, 7) is 10.1. The number of unbranched alkanes of at least 4 members (excludes halogenated alkanes) is 20. The van der Waals surface area contributed by atoms with E-state index in [4.69, 9.17) is 28.4 Å². The fraction of sp³-hybridized carbons (Fsp3) is 0.902. The van der Waals surface area contributed by atoms with Gasteiger partial charge in [0.05, 0.1) is 44.7 Å². The van der Waals surface area contributed by atoms with Crippen molar-refractivity contribution in [3.8, 4) is 0 Å². The Balaban J connectivity index is 4.77. The van der Waals surface area contributed by atoms with Gasteiger partial charge in [0.25, 0.3) is 0 Å². The molecule has 0 saturated carbocycles. The molecule has 63 heavy (non-hydrogen) atoms. The normalized spacial score (nSPS) is 12.7. The highest BCUT2D eigenvalue weighted by Crippen LogP contribution is 2.22. The van der Waals surface area contributed by atoms with Crippen molar-refractivity contribution in [3.63, 3.8) is 0 Å². The maximum Gasteiger partial charge on any atom is 0.509 e. The van der Waals surface area contributed by atoms with E-state index in [0.29, 0.717) is 58.3 Å². The number of rotatable bonds is 45. The van der Waals surface area contributed by atoms with E-state index < -0.39 is 30.6 Å². The molecule has 12 heteroatoms. The van der Waals surface area contributed by atoms with Crippen molar-refractivity contribution in [3.05, 3.63) is 0 Å². The van der Waals surface area contributed by atoms with E-state index in [0.717, 1.165) is 89.9 Å². The topological polar surface area (TPSA) is 144 Å². The summed E-state index contributed by atoms with van der Waals surface area (Å²) in [7, 11) is 3.66. The summed E-state index contributed by atoms with van der Waals surface area (Å²) in [6.07, 6.45) is 27.6. The Labute approximate surface area is 384 Å². The SMILES string of the molecule is CCCCCCCCC(CCCCCC)C(=O)OCCCCCOC(=O)CC(OC(=O)OCCN(C)C)C(=O)OCCCCCOC(=O)C(CCCCCC)CCCCCCCC. The highest BCUT2D eigenvalue weighted by molar-refractivity contribution is 5.83. The monoisotopic (exact) mass is 898 g/mol. The minimum atomic E-state index is -1.52. The maximum absolute atomic E-state index is 13.0. The first-order valence-electron chi connectivity index (χ1n) is 25.7. The molecule has 0 aliphatic rings. The van der Waals surface area contributed by atoms with Crippen LogP contribution in [-0.4, -0.2) is 94.7 Å². The first-order valence-corrected chi connectivity index (χ1v) is 25.7. The third-order valence-electron chi connectivity index (χ3n) is 11.5. The number of esters is 4. The van der Waals surface area contributed by atoms with Crippen molar-refractivity contribution in [1.82, 2.24) is 4.90 Å². The minimum absolute atomic E-state index is 0.0418. The van der Waals surface area contributed by atoms with Crippen LogP contribution in [0, 0.1) is 11.8 Å². The Bertz CT molecular complexity index is 1120. The van der Waals surface area contributed by atoms with Crippen molar-refractivity contribution in [2.24, 2.45) is 11.8 Å². The van der Waals surface area contributed by atoms with Gasteiger partial charge in [-0.05, 0) is 78.3 Å². The van der Waals surface area contributed by atoms with Gasteiger partial charge in [0.2, 0.25) is 6.10 Å². The molecule has 0 aliphatic heterocycles. The molecule has 3 unspecified atom stereocenters. The van der Waals surface area contributed by atoms with Crippen molar-refractivity contribution in [2.45, 2.75) is 233 Å². The molecule has 0 aliphatic carbocycles. The van der Waals surface area contributed by atoms with Crippen LogP contribution in [0.5, 0.6) is 0 Å². The lowest BCUT2D eigenvalue weighted by Gasteiger charge is -2.17. The van der Waals surface area contributed by atoms with Crippen LogP contribution in [-0.2, 0) is 47.6 Å². The molecule has 12 nitrogen and oxygen atoms in total. The number of ether oxygens (including phenoxy) is 6. The molecule has 0 N–H and O–H groups in total. The van der Waals surface area contributed by atoms with Gasteiger partial charge in [-0.3, -0.25) is 14.4 Å². The van der Waals surface area contributed by atoms with Crippen LogP contribution in [0.15, 0.2) is 0 Å². The van der Waals surface area contributed by atoms with Crippen LogP contribution in [0.1, 0.15) is 227 Å². The molecule has 0 spiro atoms. The van der Waals surface area contributed by atoms with E-state index in [-0.39, 0.29) is 43.6 Å². The number of carbonyl (C=O) groups is 5. The second-order valence-corrected chi connectivity index (χ2v) is 17.8. The zero-order valence-corrected chi connectivity index (χ0v) is 41.3. The molecule has 0 amide bonds. The summed E-state index contributed by atoms with van der Waals surface area (Å²) in [5, 5.41) is 0. The number of carbonyl (C=O) groups excluding carboxylic acids is 5. The molecule has 370 valence electrons.